The van der Waals surface area contributed by atoms with Crippen LogP contribution in [0.4, 0.5) is 0 Å². The van der Waals surface area contributed by atoms with Gasteiger partial charge in [-0.1, -0.05) is 32.6 Å². The van der Waals surface area contributed by atoms with E-state index < -0.39 is 42.2 Å². The van der Waals surface area contributed by atoms with Crippen molar-refractivity contribution in [2.45, 2.75) is 82.2 Å². The van der Waals surface area contributed by atoms with E-state index in [4.69, 9.17) is 5.11 Å². The van der Waals surface area contributed by atoms with Crippen molar-refractivity contribution in [1.82, 2.24) is 0 Å². The number of ketones is 1. The van der Waals surface area contributed by atoms with Crippen molar-refractivity contribution in [1.29, 1.82) is 0 Å². The molecule has 0 unspecified atom stereocenters. The molecule has 0 aliphatic heterocycles. The van der Waals surface area contributed by atoms with Crippen LogP contribution in [-0.2, 0) is 4.79 Å². The molecule has 4 atom stereocenters. The lowest BCUT2D eigenvalue weighted by molar-refractivity contribution is -0.212. The van der Waals surface area contributed by atoms with Crippen LogP contribution in [0.2, 0.25) is 0 Å². The Hall–Kier alpha value is -0.530. The topological polar surface area (TPSA) is 118 Å². The second-order valence-corrected chi connectivity index (χ2v) is 6.39. The highest BCUT2D eigenvalue weighted by Crippen LogP contribution is 2.38. The first-order chi connectivity index (χ1) is 10.4. The fourth-order valence-electron chi connectivity index (χ4n) is 3.35. The summed E-state index contributed by atoms with van der Waals surface area (Å²) in [5.74, 6) is -1.00. The van der Waals surface area contributed by atoms with Crippen LogP contribution in [0.3, 0.4) is 0 Å². The molecule has 1 aliphatic carbocycles. The Balaban J connectivity index is 3.00. The van der Waals surface area contributed by atoms with Gasteiger partial charge in [-0.2, -0.15) is 0 Å². The highest BCUT2D eigenvalue weighted by atomic mass is 16.4. The van der Waals surface area contributed by atoms with E-state index in [1.165, 1.54) is 0 Å². The van der Waals surface area contributed by atoms with Gasteiger partial charge < -0.3 is 25.5 Å². The molecular formula is C16H30O6. The smallest absolute Gasteiger partial charge is 0.164 e. The maximum atomic E-state index is 12.1. The van der Waals surface area contributed by atoms with Gasteiger partial charge in [-0.3, -0.25) is 4.79 Å². The van der Waals surface area contributed by atoms with Gasteiger partial charge >= 0.3 is 0 Å². The molecule has 1 rings (SSSR count). The number of unbranched alkanes of at least 4 members (excludes halogenated alkanes) is 1. The van der Waals surface area contributed by atoms with E-state index in [2.05, 4.69) is 0 Å². The Labute approximate surface area is 131 Å². The minimum atomic E-state index is -2.12. The van der Waals surface area contributed by atoms with Gasteiger partial charge in [-0.15, -0.1) is 0 Å². The SMILES string of the molecule is CCCCC(=O)[C@H](O)[C@](O)(C1CCCCC1)[C@H](O)[C@H](O)CO. The summed E-state index contributed by atoms with van der Waals surface area (Å²) < 4.78 is 0. The first-order valence-electron chi connectivity index (χ1n) is 8.29. The van der Waals surface area contributed by atoms with E-state index in [-0.39, 0.29) is 6.42 Å². The molecule has 1 fully saturated rings. The molecule has 6 nitrogen and oxygen atoms in total. The van der Waals surface area contributed by atoms with Crippen LogP contribution in [0, 0.1) is 5.92 Å². The number of Topliss-reactive ketones (excluding diaryl/α,β-unsaturated/α-hetero) is 1. The molecule has 0 radical (unpaired) electrons. The minimum Gasteiger partial charge on any atom is -0.394 e. The molecule has 0 aromatic heterocycles. The third-order valence-electron chi connectivity index (χ3n) is 4.80. The molecule has 0 aromatic rings. The predicted molar refractivity (Wildman–Crippen MR) is 81.2 cm³/mol. The molecule has 1 saturated carbocycles. The van der Waals surface area contributed by atoms with Gasteiger partial charge in [-0.25, -0.2) is 0 Å². The summed E-state index contributed by atoms with van der Waals surface area (Å²) in [4.78, 5) is 12.1. The molecule has 0 spiro atoms. The highest BCUT2D eigenvalue weighted by molar-refractivity contribution is 5.84. The van der Waals surface area contributed by atoms with Crippen molar-refractivity contribution < 1.29 is 30.3 Å². The van der Waals surface area contributed by atoms with Gasteiger partial charge in [0.05, 0.1) is 6.61 Å². The van der Waals surface area contributed by atoms with Crippen molar-refractivity contribution in [3.05, 3.63) is 0 Å². The summed E-state index contributed by atoms with van der Waals surface area (Å²) in [6.07, 6.45) is 0.209. The van der Waals surface area contributed by atoms with E-state index in [1.807, 2.05) is 6.92 Å². The maximum absolute atomic E-state index is 12.1. The van der Waals surface area contributed by atoms with Crippen LogP contribution < -0.4 is 0 Å². The van der Waals surface area contributed by atoms with Crippen LogP contribution in [0.15, 0.2) is 0 Å². The van der Waals surface area contributed by atoms with Crippen LogP contribution in [0.25, 0.3) is 0 Å². The fraction of sp³-hybridized carbons (Fsp3) is 0.938. The van der Waals surface area contributed by atoms with Crippen molar-refractivity contribution in [3.63, 3.8) is 0 Å². The molecule has 6 heteroatoms. The largest absolute Gasteiger partial charge is 0.394 e. The zero-order valence-corrected chi connectivity index (χ0v) is 13.3. The van der Waals surface area contributed by atoms with Crippen LogP contribution >= 0.6 is 0 Å². The van der Waals surface area contributed by atoms with Gasteiger partial charge in [-0.05, 0) is 25.2 Å². The molecule has 1 aliphatic rings. The van der Waals surface area contributed by atoms with Crippen LogP contribution in [-0.4, -0.2) is 61.8 Å². The number of rotatable bonds is 9. The maximum Gasteiger partial charge on any atom is 0.164 e. The van der Waals surface area contributed by atoms with Crippen molar-refractivity contribution in [3.8, 4) is 0 Å². The number of aliphatic hydroxyl groups is 5. The summed E-state index contributed by atoms with van der Waals surface area (Å²) in [6.45, 7) is 1.17. The number of carbonyl (C=O) groups excluding carboxylic acids is 1. The molecule has 0 amide bonds. The molecule has 0 heterocycles. The summed E-state index contributed by atoms with van der Waals surface area (Å²) >= 11 is 0. The van der Waals surface area contributed by atoms with Gasteiger partial charge in [0.15, 0.2) is 5.78 Å². The van der Waals surface area contributed by atoms with E-state index in [0.717, 1.165) is 25.7 Å². The summed E-state index contributed by atoms with van der Waals surface area (Å²) in [7, 11) is 0. The summed E-state index contributed by atoms with van der Waals surface area (Å²) in [6, 6.07) is 0. The standard InChI is InChI=1S/C16H30O6/c1-2-3-9-12(18)14(20)16(22,15(21)13(19)10-17)11-7-5-4-6-8-11/h11,13-15,17,19-22H,2-10H2,1H3/t13-,14+,15-,16-/m1/s1. The molecule has 0 bridgehead atoms. The Kier molecular flexibility index (Phi) is 7.93. The average molecular weight is 318 g/mol. The molecule has 130 valence electrons. The Morgan fingerprint density at radius 1 is 1.18 bits per heavy atom. The van der Waals surface area contributed by atoms with Crippen LogP contribution in [0.1, 0.15) is 58.3 Å². The van der Waals surface area contributed by atoms with Gasteiger partial charge in [0.1, 0.15) is 23.9 Å². The number of aliphatic hydroxyl groups excluding tert-OH is 4. The number of carbonyl (C=O) groups is 1. The Morgan fingerprint density at radius 2 is 1.77 bits per heavy atom. The summed E-state index contributed by atoms with van der Waals surface area (Å²) in [5.41, 5.74) is -2.12. The lowest BCUT2D eigenvalue weighted by atomic mass is 9.69. The van der Waals surface area contributed by atoms with E-state index >= 15 is 0 Å². The summed E-state index contributed by atoms with van der Waals surface area (Å²) in [5, 5.41) is 50.4. The second-order valence-electron chi connectivity index (χ2n) is 6.39. The first-order valence-corrected chi connectivity index (χ1v) is 8.29. The normalized spacial score (nSPS) is 23.5. The minimum absolute atomic E-state index is 0.120. The quantitative estimate of drug-likeness (QED) is 0.412. The van der Waals surface area contributed by atoms with Crippen LogP contribution in [0.5, 0.6) is 0 Å². The van der Waals surface area contributed by atoms with Crippen molar-refractivity contribution in [2.75, 3.05) is 6.61 Å². The molecule has 0 saturated heterocycles. The van der Waals surface area contributed by atoms with Gasteiger partial charge in [0.25, 0.3) is 0 Å². The monoisotopic (exact) mass is 318 g/mol. The van der Waals surface area contributed by atoms with E-state index in [1.54, 1.807) is 0 Å². The molecular weight excluding hydrogens is 288 g/mol. The van der Waals surface area contributed by atoms with E-state index in [0.29, 0.717) is 19.3 Å². The Morgan fingerprint density at radius 3 is 2.27 bits per heavy atom. The predicted octanol–water partition coefficient (Wildman–Crippen LogP) is 0.132. The number of hydrogen-bond donors (Lipinski definition) is 5. The third kappa shape index (κ3) is 4.26. The van der Waals surface area contributed by atoms with Crippen molar-refractivity contribution >= 4 is 5.78 Å². The lowest BCUT2D eigenvalue weighted by Crippen LogP contribution is -2.64. The third-order valence-corrected chi connectivity index (χ3v) is 4.80. The zero-order valence-electron chi connectivity index (χ0n) is 13.3. The molecule has 5 N–H and O–H groups in total. The highest BCUT2D eigenvalue weighted by Gasteiger charge is 2.53. The lowest BCUT2D eigenvalue weighted by Gasteiger charge is -2.45. The second kappa shape index (κ2) is 8.93. The van der Waals surface area contributed by atoms with Gasteiger partial charge in [0.2, 0.25) is 0 Å². The zero-order chi connectivity index (χ0) is 16.8. The van der Waals surface area contributed by atoms with Gasteiger partial charge in [0, 0.05) is 6.42 Å². The van der Waals surface area contributed by atoms with E-state index in [9.17, 15) is 25.2 Å². The van der Waals surface area contributed by atoms with Crippen molar-refractivity contribution in [2.24, 2.45) is 5.92 Å². The fourth-order valence-corrected chi connectivity index (χ4v) is 3.35. The number of hydrogen-bond acceptors (Lipinski definition) is 6. The molecule has 22 heavy (non-hydrogen) atoms. The Bertz CT molecular complexity index is 338. The molecule has 0 aromatic carbocycles. The first kappa shape index (κ1) is 19.5. The average Bonchev–Trinajstić information content (AvgIpc) is 2.57.